The molecule has 0 aromatic heterocycles. The SMILES string of the molecule is CC(=O)O[C@H]1Cc2cc(Br)cc(B3OC(C)(C)C(C)(C)O3)c2C1. The van der Waals surface area contributed by atoms with Crippen LogP contribution >= 0.6 is 15.9 Å². The molecule has 23 heavy (non-hydrogen) atoms. The van der Waals surface area contributed by atoms with Gasteiger partial charge in [-0.3, -0.25) is 4.79 Å². The average molecular weight is 381 g/mol. The topological polar surface area (TPSA) is 44.8 Å². The van der Waals surface area contributed by atoms with Gasteiger partial charge < -0.3 is 14.0 Å². The van der Waals surface area contributed by atoms with Gasteiger partial charge in [0.15, 0.2) is 0 Å². The number of carbonyl (C=O) groups excluding carboxylic acids is 1. The van der Waals surface area contributed by atoms with Crippen LogP contribution in [0.1, 0.15) is 45.7 Å². The molecule has 0 N–H and O–H groups in total. The molecule has 2 aliphatic rings. The molecule has 1 heterocycles. The molecule has 124 valence electrons. The van der Waals surface area contributed by atoms with E-state index in [4.69, 9.17) is 14.0 Å². The van der Waals surface area contributed by atoms with Crippen molar-refractivity contribution in [2.75, 3.05) is 0 Å². The van der Waals surface area contributed by atoms with Crippen LogP contribution < -0.4 is 5.46 Å². The molecule has 4 nitrogen and oxygen atoms in total. The number of esters is 1. The molecule has 1 fully saturated rings. The Morgan fingerprint density at radius 2 is 1.83 bits per heavy atom. The highest BCUT2D eigenvalue weighted by atomic mass is 79.9. The Bertz CT molecular complexity index is 640. The van der Waals surface area contributed by atoms with Gasteiger partial charge in [0.2, 0.25) is 0 Å². The summed E-state index contributed by atoms with van der Waals surface area (Å²) >= 11 is 3.57. The van der Waals surface area contributed by atoms with Gasteiger partial charge in [-0.25, -0.2) is 0 Å². The third-order valence-corrected chi connectivity index (χ3v) is 5.52. The fraction of sp³-hybridized carbons (Fsp3) is 0.588. The van der Waals surface area contributed by atoms with Gasteiger partial charge in [0.05, 0.1) is 11.2 Å². The summed E-state index contributed by atoms with van der Waals surface area (Å²) in [6.07, 6.45) is 1.35. The number of hydrogen-bond donors (Lipinski definition) is 0. The van der Waals surface area contributed by atoms with E-state index in [0.717, 1.165) is 16.4 Å². The van der Waals surface area contributed by atoms with Crippen molar-refractivity contribution in [1.82, 2.24) is 0 Å². The average Bonchev–Trinajstić information content (AvgIpc) is 2.85. The number of ether oxygens (including phenoxy) is 1. The zero-order valence-corrected chi connectivity index (χ0v) is 15.8. The van der Waals surface area contributed by atoms with Crippen molar-refractivity contribution < 1.29 is 18.8 Å². The molecule has 6 heteroatoms. The minimum atomic E-state index is -0.401. The summed E-state index contributed by atoms with van der Waals surface area (Å²) in [5.74, 6) is -0.237. The van der Waals surface area contributed by atoms with Crippen LogP contribution in [0.15, 0.2) is 16.6 Å². The molecule has 0 radical (unpaired) electrons. The second-order valence-corrected chi connectivity index (χ2v) is 8.28. The van der Waals surface area contributed by atoms with Crippen LogP contribution in [0, 0.1) is 0 Å². The molecule has 0 saturated carbocycles. The summed E-state index contributed by atoms with van der Waals surface area (Å²) in [5.41, 5.74) is 2.65. The first-order chi connectivity index (χ1) is 10.6. The Morgan fingerprint density at radius 3 is 2.39 bits per heavy atom. The third-order valence-electron chi connectivity index (χ3n) is 5.06. The molecule has 0 spiro atoms. The van der Waals surface area contributed by atoms with Crippen LogP contribution in [0.3, 0.4) is 0 Å². The first-order valence-electron chi connectivity index (χ1n) is 7.93. The molecule has 1 atom stereocenters. The lowest BCUT2D eigenvalue weighted by atomic mass is 9.75. The van der Waals surface area contributed by atoms with Crippen molar-refractivity contribution in [3.63, 3.8) is 0 Å². The smallest absolute Gasteiger partial charge is 0.462 e. The lowest BCUT2D eigenvalue weighted by Gasteiger charge is -2.32. The Labute approximate surface area is 146 Å². The molecule has 0 bridgehead atoms. The minimum Gasteiger partial charge on any atom is -0.462 e. The van der Waals surface area contributed by atoms with Crippen LogP contribution in [0.2, 0.25) is 0 Å². The first-order valence-corrected chi connectivity index (χ1v) is 8.72. The van der Waals surface area contributed by atoms with Gasteiger partial charge in [-0.05, 0) is 56.4 Å². The molecule has 3 rings (SSSR count). The van der Waals surface area contributed by atoms with Crippen molar-refractivity contribution in [3.8, 4) is 0 Å². The predicted molar refractivity (Wildman–Crippen MR) is 92.8 cm³/mol. The number of benzene rings is 1. The van der Waals surface area contributed by atoms with E-state index < -0.39 is 7.12 Å². The van der Waals surface area contributed by atoms with Crippen molar-refractivity contribution >= 4 is 34.5 Å². The normalized spacial score (nSPS) is 24.6. The Balaban J connectivity index is 1.93. The van der Waals surface area contributed by atoms with E-state index in [2.05, 4.69) is 28.1 Å². The zero-order valence-electron chi connectivity index (χ0n) is 14.2. The van der Waals surface area contributed by atoms with Gasteiger partial charge in [0.25, 0.3) is 0 Å². The quantitative estimate of drug-likeness (QED) is 0.584. The second-order valence-electron chi connectivity index (χ2n) is 7.36. The first kappa shape index (κ1) is 17.0. The van der Waals surface area contributed by atoms with Crippen LogP contribution in [-0.4, -0.2) is 30.4 Å². The van der Waals surface area contributed by atoms with Crippen LogP contribution in [0.25, 0.3) is 0 Å². The molecule has 1 saturated heterocycles. The summed E-state index contributed by atoms with van der Waals surface area (Å²) < 4.78 is 18.8. The maximum Gasteiger partial charge on any atom is 0.495 e. The fourth-order valence-corrected chi connectivity index (χ4v) is 3.71. The van der Waals surface area contributed by atoms with E-state index in [9.17, 15) is 4.79 Å². The van der Waals surface area contributed by atoms with Gasteiger partial charge in [-0.2, -0.15) is 0 Å². The lowest BCUT2D eigenvalue weighted by molar-refractivity contribution is -0.145. The maximum absolute atomic E-state index is 11.2. The van der Waals surface area contributed by atoms with E-state index in [-0.39, 0.29) is 23.3 Å². The van der Waals surface area contributed by atoms with Crippen molar-refractivity contribution in [1.29, 1.82) is 0 Å². The van der Waals surface area contributed by atoms with Gasteiger partial charge in [-0.1, -0.05) is 15.9 Å². The monoisotopic (exact) mass is 380 g/mol. The lowest BCUT2D eigenvalue weighted by Crippen LogP contribution is -2.41. The van der Waals surface area contributed by atoms with E-state index in [1.54, 1.807) is 0 Å². The highest BCUT2D eigenvalue weighted by Crippen LogP contribution is 2.38. The van der Waals surface area contributed by atoms with E-state index in [1.165, 1.54) is 18.1 Å². The van der Waals surface area contributed by atoms with Crippen molar-refractivity contribution in [2.24, 2.45) is 0 Å². The summed E-state index contributed by atoms with van der Waals surface area (Å²) in [6.45, 7) is 9.65. The van der Waals surface area contributed by atoms with Crippen LogP contribution in [0.5, 0.6) is 0 Å². The van der Waals surface area contributed by atoms with E-state index in [1.807, 2.05) is 27.7 Å². The molecule has 1 aliphatic heterocycles. The van der Waals surface area contributed by atoms with Crippen molar-refractivity contribution in [3.05, 3.63) is 27.7 Å². The predicted octanol–water partition coefficient (Wildman–Crippen LogP) is 2.78. The van der Waals surface area contributed by atoms with Gasteiger partial charge >= 0.3 is 13.1 Å². The zero-order chi connectivity index (χ0) is 17.0. The van der Waals surface area contributed by atoms with Gasteiger partial charge in [0, 0.05) is 24.2 Å². The number of hydrogen-bond acceptors (Lipinski definition) is 4. The van der Waals surface area contributed by atoms with Gasteiger partial charge in [-0.15, -0.1) is 0 Å². The van der Waals surface area contributed by atoms with Crippen LogP contribution in [-0.2, 0) is 31.7 Å². The molecule has 1 aromatic rings. The Morgan fingerprint density at radius 1 is 1.22 bits per heavy atom. The number of fused-ring (bicyclic) bond motifs is 1. The van der Waals surface area contributed by atoms with Crippen LogP contribution in [0.4, 0.5) is 0 Å². The summed E-state index contributed by atoms with van der Waals surface area (Å²) in [5, 5.41) is 0. The molecule has 0 amide bonds. The van der Waals surface area contributed by atoms with Gasteiger partial charge in [0.1, 0.15) is 6.10 Å². The highest BCUT2D eigenvalue weighted by Gasteiger charge is 2.52. The number of halogens is 1. The molecule has 1 aliphatic carbocycles. The molecule has 0 unspecified atom stereocenters. The summed E-state index contributed by atoms with van der Waals surface area (Å²) in [4.78, 5) is 11.2. The second kappa shape index (κ2) is 5.61. The minimum absolute atomic E-state index is 0.0991. The molecular weight excluding hydrogens is 359 g/mol. The van der Waals surface area contributed by atoms with E-state index in [0.29, 0.717) is 6.42 Å². The highest BCUT2D eigenvalue weighted by molar-refractivity contribution is 9.10. The molecular formula is C17H22BBrO4. The third kappa shape index (κ3) is 3.09. The molecule has 1 aromatic carbocycles. The standard InChI is InChI=1S/C17H22BBrO4/c1-10(20)21-13-7-11-6-12(19)8-15(14(11)9-13)18-22-16(2,3)17(4,5)23-18/h6,8,13H,7,9H2,1-5H3/t13-/m0/s1. The Kier molecular flexibility index (Phi) is 4.14. The summed E-state index contributed by atoms with van der Waals surface area (Å²) in [7, 11) is -0.401. The Hall–Kier alpha value is -0.845. The number of carbonyl (C=O) groups is 1. The van der Waals surface area contributed by atoms with E-state index >= 15 is 0 Å². The fourth-order valence-electron chi connectivity index (χ4n) is 3.19. The maximum atomic E-state index is 11.2. The number of rotatable bonds is 2. The summed E-state index contributed by atoms with van der Waals surface area (Å²) in [6, 6.07) is 4.14. The van der Waals surface area contributed by atoms with Crippen molar-refractivity contribution in [2.45, 2.75) is 64.8 Å². The largest absolute Gasteiger partial charge is 0.495 e.